The Hall–Kier alpha value is -7.82. The van der Waals surface area contributed by atoms with Gasteiger partial charge in [0.15, 0.2) is 45.5 Å². The molecule has 10 atom stereocenters. The number of phenols is 2. The molecule has 2 spiro atoms. The number of aliphatic carboxylic acids is 2. The van der Waals surface area contributed by atoms with Crippen molar-refractivity contribution in [1.82, 2.24) is 0 Å². The normalized spacial score (nSPS) is 31.2. The average Bonchev–Trinajstić information content (AvgIpc) is 1.41. The summed E-state index contributed by atoms with van der Waals surface area (Å²) in [5.74, 6) is -4.55. The highest BCUT2D eigenvalue weighted by molar-refractivity contribution is 6.20. The maximum absolute atomic E-state index is 14.7. The van der Waals surface area contributed by atoms with Gasteiger partial charge in [-0.1, -0.05) is 70.9 Å². The van der Waals surface area contributed by atoms with Gasteiger partial charge in [-0.15, -0.1) is 0 Å². The number of ether oxygens (including phenoxy) is 6. The van der Waals surface area contributed by atoms with E-state index in [1.165, 1.54) is 37.1 Å². The smallest absolute Gasteiger partial charge is 0.330 e. The van der Waals surface area contributed by atoms with E-state index in [4.69, 9.17) is 28.4 Å². The number of aromatic hydroxyl groups is 2. The fourth-order valence-electron chi connectivity index (χ4n) is 16.3. The minimum Gasteiger partial charge on any atom is -0.506 e. The Balaban J connectivity index is 0.000000188. The summed E-state index contributed by atoms with van der Waals surface area (Å²) in [6.07, 6.45) is 26.8. The van der Waals surface area contributed by atoms with Crippen molar-refractivity contribution in [2.24, 2.45) is 23.7 Å². The summed E-state index contributed by atoms with van der Waals surface area (Å²) in [4.78, 5) is 81.6. The number of allylic oxidation sites excluding steroid dienone is 10. The average molecular weight is 1260 g/mol. The number of carbonyl (C=O) groups excluding carboxylic acids is 4. The molecule has 14 rings (SSSR count). The SMILES string of the molecule is CC(C)=CCC[C@@]1(C)C=Cc2c(O)c3c(c(CC=C(C)C)c2O1)O[C@]12C(=C[C@@H]4CC1C(C)(C)O[C@]2(C/C=C(\C)C(=O)O)C4=O)C3=O.CC(C)=CCC[C@]1(C)C=Cc2c(O)c3c(c(CC=C(C)C)c2O1)O[C@]12C(=C[C@@H]4CC1C(C)(C)O[C@]2(C/C=C(\C)C(=O)O)C4=O)C3=O. The summed E-state index contributed by atoms with van der Waals surface area (Å²) >= 11 is 0. The standard InChI is InChI=1S/2C38H44O8/c2*1-20(2)10-9-15-36(8)16-14-24-29(39)28-30(40)26-18-23-19-27-35(6,7)46-37(33(23)41,17-13-22(5)34(42)43)38(26,27)45-32(28)25(31(24)44-36)12-11-21(3)4/h2*10-11,13-14,16,18,23,27,39H,9,12,15,17,19H2,1-8H3,(H,42,43)/b2*22-13+/t23-,27?,36+,37-,38-;23-,27?,36-,37-,38-/m11/s1. The first-order valence-electron chi connectivity index (χ1n) is 32.3. The predicted molar refractivity (Wildman–Crippen MR) is 349 cm³/mol. The third kappa shape index (κ3) is 9.88. The lowest BCUT2D eigenvalue weighted by molar-refractivity contribution is -0.172. The van der Waals surface area contributed by atoms with Gasteiger partial charge in [0.1, 0.15) is 56.8 Å². The van der Waals surface area contributed by atoms with E-state index in [1.807, 2.05) is 106 Å². The fourth-order valence-corrected chi connectivity index (χ4v) is 16.3. The highest BCUT2D eigenvalue weighted by atomic mass is 16.6. The number of rotatable bonds is 16. The van der Waals surface area contributed by atoms with Gasteiger partial charge >= 0.3 is 11.9 Å². The van der Waals surface area contributed by atoms with Crippen LogP contribution in [0.1, 0.15) is 205 Å². The number of carbonyl (C=O) groups is 6. The van der Waals surface area contributed by atoms with Crippen molar-refractivity contribution < 1.29 is 77.6 Å². The number of benzene rings is 2. The van der Waals surface area contributed by atoms with Gasteiger partial charge in [0.2, 0.25) is 0 Å². The molecule has 2 saturated heterocycles. The van der Waals surface area contributed by atoms with Crippen LogP contribution < -0.4 is 18.9 Å². The molecule has 92 heavy (non-hydrogen) atoms. The molecule has 0 amide bonds. The van der Waals surface area contributed by atoms with E-state index in [1.54, 1.807) is 12.2 Å². The van der Waals surface area contributed by atoms with E-state index in [-0.39, 0.29) is 81.5 Å². The number of fused-ring (bicyclic) bond motifs is 4. The van der Waals surface area contributed by atoms with Crippen molar-refractivity contribution in [3.63, 3.8) is 0 Å². The summed E-state index contributed by atoms with van der Waals surface area (Å²) in [6, 6.07) is 0. The van der Waals surface area contributed by atoms with Crippen LogP contribution in [0, 0.1) is 23.7 Å². The van der Waals surface area contributed by atoms with Crippen molar-refractivity contribution in [2.45, 2.75) is 220 Å². The summed E-state index contributed by atoms with van der Waals surface area (Å²) < 4.78 is 41.2. The molecule has 488 valence electrons. The van der Waals surface area contributed by atoms with Gasteiger partial charge in [-0.25, -0.2) is 9.59 Å². The summed E-state index contributed by atoms with van der Waals surface area (Å²) in [5.41, 5.74) is -1.90. The van der Waals surface area contributed by atoms with Crippen LogP contribution in [0.25, 0.3) is 12.2 Å². The number of carboxylic acids is 2. The first-order chi connectivity index (χ1) is 43.0. The Morgan fingerprint density at radius 2 is 0.848 bits per heavy atom. The zero-order valence-electron chi connectivity index (χ0n) is 56.0. The molecule has 16 nitrogen and oxygen atoms in total. The molecule has 8 bridgehead atoms. The summed E-state index contributed by atoms with van der Waals surface area (Å²) in [6.45, 7) is 30.7. The molecule has 6 aliphatic carbocycles. The fraction of sp³-hybridized carbons (Fsp3) is 0.500. The van der Waals surface area contributed by atoms with Crippen molar-refractivity contribution in [3.05, 3.63) is 139 Å². The Morgan fingerprint density at radius 1 is 0.500 bits per heavy atom. The summed E-state index contributed by atoms with van der Waals surface area (Å²) in [7, 11) is 0. The van der Waals surface area contributed by atoms with Crippen LogP contribution in [0.3, 0.4) is 0 Å². The third-order valence-corrected chi connectivity index (χ3v) is 21.0. The van der Waals surface area contributed by atoms with Crippen LogP contribution in [0.5, 0.6) is 34.5 Å². The van der Waals surface area contributed by atoms with Crippen LogP contribution >= 0.6 is 0 Å². The minimum absolute atomic E-state index is 0.0544. The van der Waals surface area contributed by atoms with E-state index in [2.05, 4.69) is 39.8 Å². The Bertz CT molecular complexity index is 3710. The highest BCUT2D eigenvalue weighted by Gasteiger charge is 2.83. The van der Waals surface area contributed by atoms with E-state index in [9.17, 15) is 49.2 Å². The van der Waals surface area contributed by atoms with Gasteiger partial charge in [0.05, 0.1) is 22.3 Å². The van der Waals surface area contributed by atoms with Crippen LogP contribution in [0.2, 0.25) is 0 Å². The molecule has 4 fully saturated rings. The minimum atomic E-state index is -1.63. The topological polar surface area (TPSA) is 239 Å². The molecule has 6 aliphatic heterocycles. The monoisotopic (exact) mass is 1260 g/mol. The number of phenolic OH excluding ortho intramolecular Hbond substituents is 2. The van der Waals surface area contributed by atoms with Crippen LogP contribution in [0.4, 0.5) is 0 Å². The van der Waals surface area contributed by atoms with Crippen molar-refractivity contribution in [1.29, 1.82) is 0 Å². The van der Waals surface area contributed by atoms with Crippen molar-refractivity contribution in [2.75, 3.05) is 0 Å². The molecule has 16 heteroatoms. The van der Waals surface area contributed by atoms with Gasteiger partial charge in [0, 0.05) is 69.9 Å². The zero-order chi connectivity index (χ0) is 67.1. The molecule has 2 aromatic rings. The van der Waals surface area contributed by atoms with E-state index in [0.717, 1.165) is 24.0 Å². The molecule has 2 unspecified atom stereocenters. The predicted octanol–water partition coefficient (Wildman–Crippen LogP) is 14.5. The Kier molecular flexibility index (Phi) is 16.0. The molecule has 4 N–H and O–H groups in total. The molecule has 12 aliphatic rings. The van der Waals surface area contributed by atoms with E-state index >= 15 is 0 Å². The van der Waals surface area contributed by atoms with Gasteiger partial charge < -0.3 is 48.8 Å². The second kappa shape index (κ2) is 22.5. The molecule has 2 aromatic carbocycles. The van der Waals surface area contributed by atoms with Crippen molar-refractivity contribution >= 4 is 47.2 Å². The van der Waals surface area contributed by atoms with Crippen molar-refractivity contribution in [3.8, 4) is 34.5 Å². The number of Topliss-reactive ketones (excluding diaryl/α,β-unsaturated/α-hetero) is 4. The van der Waals surface area contributed by atoms with E-state index in [0.29, 0.717) is 83.4 Å². The Morgan fingerprint density at radius 3 is 1.17 bits per heavy atom. The molecule has 6 heterocycles. The first kappa shape index (κ1) is 65.7. The first-order valence-corrected chi connectivity index (χ1v) is 32.3. The third-order valence-electron chi connectivity index (χ3n) is 21.0. The van der Waals surface area contributed by atoms with E-state index < -0.39 is 80.1 Å². The maximum atomic E-state index is 14.7. The van der Waals surface area contributed by atoms with Crippen LogP contribution in [-0.4, -0.2) is 100 Å². The lowest BCUT2D eigenvalue weighted by atomic mass is 9.51. The van der Waals surface area contributed by atoms with Gasteiger partial charge in [-0.2, -0.15) is 0 Å². The molecular weight excluding hydrogens is 1170 g/mol. The zero-order valence-corrected chi connectivity index (χ0v) is 56.0. The second-order valence-electron chi connectivity index (χ2n) is 29.5. The lowest BCUT2D eigenvalue weighted by Gasteiger charge is -2.56. The lowest BCUT2D eigenvalue weighted by Crippen LogP contribution is -2.72. The quantitative estimate of drug-likeness (QED) is 0.0903. The Labute approximate surface area is 539 Å². The summed E-state index contributed by atoms with van der Waals surface area (Å²) in [5, 5.41) is 42.8. The van der Waals surface area contributed by atoms with Gasteiger partial charge in [0.25, 0.3) is 0 Å². The van der Waals surface area contributed by atoms with Crippen LogP contribution in [-0.2, 0) is 41.5 Å². The second-order valence-corrected chi connectivity index (χ2v) is 29.5. The number of carboxylic acid groups (broad SMARTS) is 2. The molecule has 2 saturated carbocycles. The molecular formula is C76H88O16. The van der Waals surface area contributed by atoms with Gasteiger partial charge in [-0.05, 0) is 186 Å². The van der Waals surface area contributed by atoms with Crippen LogP contribution in [0.15, 0.2) is 105 Å². The molecule has 0 aromatic heterocycles. The highest BCUT2D eigenvalue weighted by Crippen LogP contribution is 2.71. The number of hydrogen-bond acceptors (Lipinski definition) is 14. The molecule has 0 radical (unpaired) electrons. The van der Waals surface area contributed by atoms with Gasteiger partial charge in [-0.3, -0.25) is 19.2 Å². The largest absolute Gasteiger partial charge is 0.506 e. The number of ketones is 4. The number of hydrogen-bond donors (Lipinski definition) is 4. The maximum Gasteiger partial charge on any atom is 0.330 e.